The predicted molar refractivity (Wildman–Crippen MR) is 161 cm³/mol. The SMILES string of the molecule is Cc1ccc(S(=O)(=O)Oc2cc(C3CCN([C@H]4CC[C@@](C(=O)N5COc6ccc(C(F)(F)F)cc6C5)(C(C)C)C4)CC3)on2)cc1. The highest BCUT2D eigenvalue weighted by Gasteiger charge is 2.51. The molecule has 6 rings (SSSR count). The van der Waals surface area contributed by atoms with Crippen molar-refractivity contribution in [1.29, 1.82) is 0 Å². The number of carbonyl (C=O) groups excluding carboxylic acids is 1. The number of likely N-dealkylation sites (tertiary alicyclic amines) is 1. The molecular weight excluding hydrogens is 623 g/mol. The van der Waals surface area contributed by atoms with Crippen LogP contribution in [0.3, 0.4) is 0 Å². The second kappa shape index (κ2) is 12.2. The van der Waals surface area contributed by atoms with Crippen LogP contribution in [-0.2, 0) is 27.6 Å². The molecule has 2 atom stereocenters. The molecule has 3 aliphatic rings. The number of rotatable bonds is 7. The molecule has 2 aromatic carbocycles. The van der Waals surface area contributed by atoms with Gasteiger partial charge in [0.2, 0.25) is 5.91 Å². The van der Waals surface area contributed by atoms with Gasteiger partial charge in [0.1, 0.15) is 16.4 Å². The Hall–Kier alpha value is -3.58. The molecule has 9 nitrogen and oxygen atoms in total. The molecule has 1 saturated heterocycles. The fraction of sp³-hybridized carbons (Fsp3) is 0.515. The molecule has 1 aromatic heterocycles. The van der Waals surface area contributed by atoms with Crippen LogP contribution < -0.4 is 8.92 Å². The summed E-state index contributed by atoms with van der Waals surface area (Å²) < 4.78 is 81.8. The van der Waals surface area contributed by atoms with E-state index in [1.54, 1.807) is 23.1 Å². The van der Waals surface area contributed by atoms with E-state index >= 15 is 0 Å². The summed E-state index contributed by atoms with van der Waals surface area (Å²) in [5.41, 5.74) is -0.0987. The fourth-order valence-electron chi connectivity index (χ4n) is 7.11. The standard InChI is InChI=1S/C33H38F3N3O6S/c1-21(2)32(31(40)39-19-24-16-25(33(34,35)36)6-9-28(24)43-20-39)13-10-26(18-32)38-14-11-23(12-15-38)29-17-30(37-44-29)45-46(41,42)27-7-4-22(3)5-8-27/h4-9,16-17,21,23,26H,10-15,18-20H2,1-3H3/t26-,32-/m0/s1. The number of halogens is 3. The van der Waals surface area contributed by atoms with Crippen molar-refractivity contribution in [3.8, 4) is 11.6 Å². The molecule has 0 N–H and O–H groups in total. The van der Waals surface area contributed by atoms with Crippen molar-refractivity contribution in [3.05, 3.63) is 71.0 Å². The third-order valence-corrected chi connectivity index (χ3v) is 11.2. The molecule has 46 heavy (non-hydrogen) atoms. The summed E-state index contributed by atoms with van der Waals surface area (Å²) >= 11 is 0. The number of aryl methyl sites for hydroxylation is 1. The Balaban J connectivity index is 1.07. The lowest BCUT2D eigenvalue weighted by molar-refractivity contribution is -0.150. The molecule has 1 saturated carbocycles. The number of ether oxygens (including phenoxy) is 1. The average molecular weight is 662 g/mol. The van der Waals surface area contributed by atoms with E-state index in [0.717, 1.165) is 50.0 Å². The zero-order valence-electron chi connectivity index (χ0n) is 26.0. The Morgan fingerprint density at radius 2 is 1.78 bits per heavy atom. The van der Waals surface area contributed by atoms with Crippen LogP contribution in [0, 0.1) is 18.3 Å². The van der Waals surface area contributed by atoms with E-state index in [1.807, 2.05) is 20.8 Å². The molecule has 2 fully saturated rings. The predicted octanol–water partition coefficient (Wildman–Crippen LogP) is 6.52. The number of carbonyl (C=O) groups is 1. The molecule has 3 heterocycles. The Morgan fingerprint density at radius 1 is 1.07 bits per heavy atom. The van der Waals surface area contributed by atoms with E-state index in [1.165, 1.54) is 18.2 Å². The third kappa shape index (κ3) is 6.35. The minimum Gasteiger partial charge on any atom is -0.473 e. The zero-order chi connectivity index (χ0) is 32.9. The van der Waals surface area contributed by atoms with Gasteiger partial charge in [-0.1, -0.05) is 31.5 Å². The summed E-state index contributed by atoms with van der Waals surface area (Å²) in [5, 5.41) is 3.85. The first kappa shape index (κ1) is 32.4. The van der Waals surface area contributed by atoms with Gasteiger partial charge >= 0.3 is 16.3 Å². The maximum atomic E-state index is 14.1. The van der Waals surface area contributed by atoms with Crippen molar-refractivity contribution >= 4 is 16.0 Å². The lowest BCUT2D eigenvalue weighted by Crippen LogP contribution is -2.49. The van der Waals surface area contributed by atoms with Crippen LogP contribution in [0.5, 0.6) is 11.6 Å². The second-order valence-corrected chi connectivity index (χ2v) is 14.6. The largest absolute Gasteiger partial charge is 0.473 e. The van der Waals surface area contributed by atoms with Gasteiger partial charge in [-0.2, -0.15) is 21.6 Å². The summed E-state index contributed by atoms with van der Waals surface area (Å²) in [6, 6.07) is 11.5. The van der Waals surface area contributed by atoms with Crippen LogP contribution in [0.4, 0.5) is 13.2 Å². The van der Waals surface area contributed by atoms with Gasteiger partial charge in [0.15, 0.2) is 6.73 Å². The number of nitrogens with zero attached hydrogens (tertiary/aromatic N) is 3. The molecule has 0 unspecified atom stereocenters. The third-order valence-electron chi connectivity index (χ3n) is 9.93. The van der Waals surface area contributed by atoms with E-state index in [2.05, 4.69) is 10.1 Å². The number of amides is 1. The topological polar surface area (TPSA) is 102 Å². The van der Waals surface area contributed by atoms with E-state index in [-0.39, 0.29) is 47.8 Å². The number of hydrogen-bond donors (Lipinski definition) is 0. The minimum absolute atomic E-state index is 0.0108. The van der Waals surface area contributed by atoms with Crippen LogP contribution in [0.25, 0.3) is 0 Å². The van der Waals surface area contributed by atoms with Gasteiger partial charge in [0.25, 0.3) is 5.88 Å². The second-order valence-electron chi connectivity index (χ2n) is 13.0. The maximum absolute atomic E-state index is 14.1. The summed E-state index contributed by atoms with van der Waals surface area (Å²) in [5.74, 6) is 0.861. The van der Waals surface area contributed by atoms with Crippen molar-refractivity contribution in [1.82, 2.24) is 15.0 Å². The van der Waals surface area contributed by atoms with Gasteiger partial charge in [-0.25, -0.2) is 0 Å². The van der Waals surface area contributed by atoms with E-state index < -0.39 is 27.3 Å². The zero-order valence-corrected chi connectivity index (χ0v) is 26.9. The smallest absolute Gasteiger partial charge is 0.416 e. The molecule has 248 valence electrons. The van der Waals surface area contributed by atoms with Crippen molar-refractivity contribution in [3.63, 3.8) is 0 Å². The van der Waals surface area contributed by atoms with Gasteiger partial charge < -0.3 is 23.2 Å². The monoisotopic (exact) mass is 661 g/mol. The maximum Gasteiger partial charge on any atom is 0.416 e. The molecule has 0 bridgehead atoms. The van der Waals surface area contributed by atoms with Crippen LogP contribution >= 0.6 is 0 Å². The highest BCUT2D eigenvalue weighted by molar-refractivity contribution is 7.87. The van der Waals surface area contributed by atoms with Crippen LogP contribution in [-0.4, -0.2) is 55.1 Å². The van der Waals surface area contributed by atoms with Crippen LogP contribution in [0.15, 0.2) is 57.9 Å². The molecule has 13 heteroatoms. The molecule has 0 radical (unpaired) electrons. The van der Waals surface area contributed by atoms with Gasteiger partial charge in [0.05, 0.1) is 17.5 Å². The fourth-order valence-corrected chi connectivity index (χ4v) is 7.98. The number of benzene rings is 2. The Kier molecular flexibility index (Phi) is 8.60. The summed E-state index contributed by atoms with van der Waals surface area (Å²) in [6.45, 7) is 7.58. The van der Waals surface area contributed by atoms with Gasteiger partial charge in [-0.3, -0.25) is 4.79 Å². The number of alkyl halides is 3. The molecule has 3 aromatic rings. The lowest BCUT2D eigenvalue weighted by atomic mass is 9.74. The molecule has 1 aliphatic carbocycles. The summed E-state index contributed by atoms with van der Waals surface area (Å²) in [7, 11) is -4.04. The number of aromatic nitrogens is 1. The average Bonchev–Trinajstić information content (AvgIpc) is 3.68. The summed E-state index contributed by atoms with van der Waals surface area (Å²) in [6.07, 6.45) is -0.725. The first-order chi connectivity index (χ1) is 21.7. The molecule has 1 amide bonds. The number of hydrogen-bond acceptors (Lipinski definition) is 8. The Morgan fingerprint density at radius 3 is 2.46 bits per heavy atom. The van der Waals surface area contributed by atoms with Crippen molar-refractivity contribution in [2.24, 2.45) is 11.3 Å². The van der Waals surface area contributed by atoms with Crippen molar-refractivity contribution < 1.29 is 39.8 Å². The van der Waals surface area contributed by atoms with Gasteiger partial charge in [0, 0.05) is 23.6 Å². The van der Waals surface area contributed by atoms with Gasteiger partial charge in [-0.05, 0) is 93.5 Å². The quantitative estimate of drug-likeness (QED) is 0.264. The van der Waals surface area contributed by atoms with E-state index in [4.69, 9.17) is 13.4 Å². The highest BCUT2D eigenvalue weighted by atomic mass is 32.2. The first-order valence-electron chi connectivity index (χ1n) is 15.6. The Bertz CT molecular complexity index is 1680. The van der Waals surface area contributed by atoms with Crippen molar-refractivity contribution in [2.45, 2.75) is 82.5 Å². The van der Waals surface area contributed by atoms with E-state index in [0.29, 0.717) is 29.9 Å². The van der Waals surface area contributed by atoms with Crippen molar-refractivity contribution in [2.75, 3.05) is 19.8 Å². The minimum atomic E-state index is -4.47. The first-order valence-corrected chi connectivity index (χ1v) is 17.0. The molecule has 0 spiro atoms. The summed E-state index contributed by atoms with van der Waals surface area (Å²) in [4.78, 5) is 18.1. The van der Waals surface area contributed by atoms with Gasteiger partial charge in [-0.15, -0.1) is 0 Å². The number of fused-ring (bicyclic) bond motifs is 1. The van der Waals surface area contributed by atoms with E-state index in [9.17, 15) is 26.4 Å². The van der Waals surface area contributed by atoms with Crippen LogP contribution in [0.2, 0.25) is 0 Å². The highest BCUT2D eigenvalue weighted by Crippen LogP contribution is 2.49. The van der Waals surface area contributed by atoms with Crippen LogP contribution in [0.1, 0.15) is 74.3 Å². The molecular formula is C33H38F3N3O6S. The normalized spacial score (nSPS) is 22.9. The number of piperidine rings is 1. The Labute approximate surface area is 266 Å². The lowest BCUT2D eigenvalue weighted by Gasteiger charge is -2.41. The molecule has 2 aliphatic heterocycles.